The van der Waals surface area contributed by atoms with Gasteiger partial charge in [0.2, 0.25) is 0 Å². The molecule has 0 saturated carbocycles. The van der Waals surface area contributed by atoms with Crippen molar-refractivity contribution in [2.75, 3.05) is 7.11 Å². The van der Waals surface area contributed by atoms with Crippen LogP contribution < -0.4 is 4.74 Å². The van der Waals surface area contributed by atoms with Gasteiger partial charge in [0.25, 0.3) is 0 Å². The third-order valence-corrected chi connectivity index (χ3v) is 2.42. The number of carbonyl (C=O) groups is 1. The van der Waals surface area contributed by atoms with Crippen molar-refractivity contribution in [1.29, 1.82) is 0 Å². The lowest BCUT2D eigenvalue weighted by atomic mass is 10.0. The van der Waals surface area contributed by atoms with E-state index in [-0.39, 0.29) is 11.5 Å². The highest BCUT2D eigenvalue weighted by atomic mass is 16.5. The van der Waals surface area contributed by atoms with E-state index in [9.17, 15) is 9.90 Å². The summed E-state index contributed by atoms with van der Waals surface area (Å²) in [5, 5.41) is 9.70. The molecular formula is C13H11NO3. The number of aldehydes is 1. The number of aromatic nitrogens is 1. The van der Waals surface area contributed by atoms with Gasteiger partial charge in [-0.3, -0.25) is 9.78 Å². The maximum Gasteiger partial charge on any atom is 0.170 e. The molecular weight excluding hydrogens is 218 g/mol. The lowest BCUT2D eigenvalue weighted by Crippen LogP contribution is -1.95. The van der Waals surface area contributed by atoms with Gasteiger partial charge in [0.05, 0.1) is 18.4 Å². The summed E-state index contributed by atoms with van der Waals surface area (Å²) in [7, 11) is 1.44. The minimum Gasteiger partial charge on any atom is -0.504 e. The zero-order chi connectivity index (χ0) is 12.3. The van der Waals surface area contributed by atoms with Crippen molar-refractivity contribution in [1.82, 2.24) is 4.98 Å². The second kappa shape index (κ2) is 4.65. The molecule has 0 bridgehead atoms. The molecule has 2 aromatic rings. The first-order valence-corrected chi connectivity index (χ1v) is 5.04. The minimum absolute atomic E-state index is 0.0150. The summed E-state index contributed by atoms with van der Waals surface area (Å²) >= 11 is 0. The largest absolute Gasteiger partial charge is 0.504 e. The van der Waals surface area contributed by atoms with E-state index >= 15 is 0 Å². The molecule has 0 saturated heterocycles. The van der Waals surface area contributed by atoms with Crippen LogP contribution in [0.25, 0.3) is 11.3 Å². The summed E-state index contributed by atoms with van der Waals surface area (Å²) in [4.78, 5) is 15.2. The number of nitrogens with zero attached hydrogens (tertiary/aromatic N) is 1. The molecule has 4 nitrogen and oxygen atoms in total. The third kappa shape index (κ3) is 1.97. The first-order valence-electron chi connectivity index (χ1n) is 5.04. The highest BCUT2D eigenvalue weighted by Crippen LogP contribution is 2.38. The number of phenolic OH excluding ortho intramolecular Hbond substituents is 1. The SMILES string of the molecule is COc1c(O)ccc(C=O)c1-c1ccccn1. The Balaban J connectivity index is 2.73. The maximum absolute atomic E-state index is 11.0. The number of phenols is 1. The van der Waals surface area contributed by atoms with Crippen molar-refractivity contribution in [3.63, 3.8) is 0 Å². The normalized spacial score (nSPS) is 9.94. The number of rotatable bonds is 3. The first-order chi connectivity index (χ1) is 8.27. The van der Waals surface area contributed by atoms with E-state index in [1.807, 2.05) is 0 Å². The van der Waals surface area contributed by atoms with E-state index < -0.39 is 0 Å². The molecule has 0 aliphatic heterocycles. The fourth-order valence-electron chi connectivity index (χ4n) is 1.67. The van der Waals surface area contributed by atoms with Crippen LogP contribution in [0.15, 0.2) is 36.5 Å². The summed E-state index contributed by atoms with van der Waals surface area (Å²) in [5.41, 5.74) is 1.52. The highest BCUT2D eigenvalue weighted by molar-refractivity contribution is 5.90. The fraction of sp³-hybridized carbons (Fsp3) is 0.0769. The zero-order valence-electron chi connectivity index (χ0n) is 9.25. The molecule has 0 atom stereocenters. The Morgan fingerprint density at radius 1 is 1.29 bits per heavy atom. The van der Waals surface area contributed by atoms with Crippen LogP contribution in [-0.4, -0.2) is 23.5 Å². The van der Waals surface area contributed by atoms with E-state index in [4.69, 9.17) is 4.74 Å². The monoisotopic (exact) mass is 229 g/mol. The van der Waals surface area contributed by atoms with Crippen molar-refractivity contribution >= 4 is 6.29 Å². The molecule has 0 radical (unpaired) electrons. The molecule has 4 heteroatoms. The molecule has 0 fully saturated rings. The van der Waals surface area contributed by atoms with E-state index in [1.165, 1.54) is 19.2 Å². The second-order valence-corrected chi connectivity index (χ2v) is 3.41. The topological polar surface area (TPSA) is 59.4 Å². The van der Waals surface area contributed by atoms with Gasteiger partial charge in [0.1, 0.15) is 0 Å². The van der Waals surface area contributed by atoms with Crippen LogP contribution in [0.4, 0.5) is 0 Å². The second-order valence-electron chi connectivity index (χ2n) is 3.41. The molecule has 1 heterocycles. The number of hydrogen-bond donors (Lipinski definition) is 1. The fourth-order valence-corrected chi connectivity index (χ4v) is 1.67. The predicted octanol–water partition coefficient (Wildman–Crippen LogP) is 2.28. The van der Waals surface area contributed by atoms with Gasteiger partial charge >= 0.3 is 0 Å². The Morgan fingerprint density at radius 2 is 2.12 bits per heavy atom. The summed E-state index contributed by atoms with van der Waals surface area (Å²) < 4.78 is 5.12. The third-order valence-electron chi connectivity index (χ3n) is 2.42. The van der Waals surface area contributed by atoms with E-state index in [1.54, 1.807) is 24.4 Å². The molecule has 17 heavy (non-hydrogen) atoms. The van der Waals surface area contributed by atoms with Crippen LogP contribution in [0.3, 0.4) is 0 Å². The number of carbonyl (C=O) groups excluding carboxylic acids is 1. The first kappa shape index (κ1) is 11.1. The van der Waals surface area contributed by atoms with Crippen LogP contribution >= 0.6 is 0 Å². The van der Waals surface area contributed by atoms with Gasteiger partial charge in [0.15, 0.2) is 17.8 Å². The quantitative estimate of drug-likeness (QED) is 0.820. The highest BCUT2D eigenvalue weighted by Gasteiger charge is 2.15. The smallest absolute Gasteiger partial charge is 0.170 e. The minimum atomic E-state index is -0.0150. The zero-order valence-corrected chi connectivity index (χ0v) is 9.25. The van der Waals surface area contributed by atoms with Crippen LogP contribution in [0.2, 0.25) is 0 Å². The van der Waals surface area contributed by atoms with Gasteiger partial charge in [-0.05, 0) is 24.3 Å². The summed E-state index contributed by atoms with van der Waals surface area (Å²) in [6.07, 6.45) is 2.33. The Labute approximate surface area is 98.5 Å². The van der Waals surface area contributed by atoms with Crippen LogP contribution in [0.5, 0.6) is 11.5 Å². The average molecular weight is 229 g/mol. The van der Waals surface area contributed by atoms with E-state index in [2.05, 4.69) is 4.98 Å². The molecule has 0 unspecified atom stereocenters. The number of aromatic hydroxyl groups is 1. The molecule has 0 aliphatic rings. The average Bonchev–Trinajstić information content (AvgIpc) is 2.39. The van der Waals surface area contributed by atoms with E-state index in [0.717, 1.165) is 0 Å². The molecule has 86 valence electrons. The Bertz CT molecular complexity index is 538. The molecule has 0 amide bonds. The molecule has 0 aliphatic carbocycles. The van der Waals surface area contributed by atoms with Gasteiger partial charge < -0.3 is 9.84 Å². The molecule has 0 spiro atoms. The van der Waals surface area contributed by atoms with Gasteiger partial charge in [-0.1, -0.05) is 6.07 Å². The van der Waals surface area contributed by atoms with Crippen molar-refractivity contribution in [2.45, 2.75) is 0 Å². The van der Waals surface area contributed by atoms with Crippen molar-refractivity contribution in [3.8, 4) is 22.8 Å². The van der Waals surface area contributed by atoms with Gasteiger partial charge in [0, 0.05) is 11.8 Å². The lowest BCUT2D eigenvalue weighted by Gasteiger charge is -2.11. The summed E-state index contributed by atoms with van der Waals surface area (Å²) in [5.74, 6) is 0.243. The van der Waals surface area contributed by atoms with Gasteiger partial charge in [-0.15, -0.1) is 0 Å². The van der Waals surface area contributed by atoms with Gasteiger partial charge in [-0.25, -0.2) is 0 Å². The van der Waals surface area contributed by atoms with Crippen molar-refractivity contribution in [2.24, 2.45) is 0 Å². The predicted molar refractivity (Wildman–Crippen MR) is 63.3 cm³/mol. The number of hydrogen-bond acceptors (Lipinski definition) is 4. The summed E-state index contributed by atoms with van der Waals surface area (Å²) in [6.45, 7) is 0. The van der Waals surface area contributed by atoms with Crippen LogP contribution in [0.1, 0.15) is 10.4 Å². The summed E-state index contributed by atoms with van der Waals surface area (Å²) in [6, 6.07) is 8.30. The molecule has 1 N–H and O–H groups in total. The number of benzene rings is 1. The standard InChI is InChI=1S/C13H11NO3/c1-17-13-11(16)6-5-9(8-15)12(13)10-4-2-3-7-14-10/h2-8,16H,1H3. The van der Waals surface area contributed by atoms with Crippen molar-refractivity contribution < 1.29 is 14.6 Å². The molecule has 1 aromatic heterocycles. The molecule has 2 rings (SSSR count). The Hall–Kier alpha value is -2.36. The Morgan fingerprint density at radius 3 is 2.71 bits per heavy atom. The van der Waals surface area contributed by atoms with Crippen LogP contribution in [0, 0.1) is 0 Å². The van der Waals surface area contributed by atoms with Crippen molar-refractivity contribution in [3.05, 3.63) is 42.1 Å². The Kier molecular flexibility index (Phi) is 3.05. The number of methoxy groups -OCH3 is 1. The van der Waals surface area contributed by atoms with Gasteiger partial charge in [-0.2, -0.15) is 0 Å². The lowest BCUT2D eigenvalue weighted by molar-refractivity contribution is 0.112. The van der Waals surface area contributed by atoms with E-state index in [0.29, 0.717) is 23.1 Å². The van der Waals surface area contributed by atoms with Crippen LogP contribution in [-0.2, 0) is 0 Å². The number of ether oxygens (including phenoxy) is 1. The number of pyridine rings is 1. The maximum atomic E-state index is 11.0. The molecule has 1 aromatic carbocycles.